The zero-order valence-electron chi connectivity index (χ0n) is 10.4. The lowest BCUT2D eigenvalue weighted by molar-refractivity contribution is -0.384. The number of likely N-dealkylation sites (tertiary alicyclic amines) is 1. The Balaban J connectivity index is 2.08. The molecule has 19 heavy (non-hydrogen) atoms. The van der Waals surface area contributed by atoms with E-state index in [2.05, 4.69) is 0 Å². The van der Waals surface area contributed by atoms with E-state index in [9.17, 15) is 14.9 Å². The minimum Gasteiger partial charge on any atom is -0.338 e. The number of nitro benzene ring substituents is 1. The number of carbonyl (C=O) groups excluding carboxylic acids is 1. The van der Waals surface area contributed by atoms with Crippen LogP contribution >= 0.6 is 11.6 Å². The number of carbonyl (C=O) groups is 1. The molecule has 0 N–H and O–H groups in total. The van der Waals surface area contributed by atoms with Crippen molar-refractivity contribution in [2.24, 2.45) is 5.92 Å². The van der Waals surface area contributed by atoms with E-state index in [0.29, 0.717) is 30.5 Å². The SMILES string of the molecule is O=C(c1cccc([N+](=O)[O-])c1)N1CCC(CCCl)C1. The zero-order valence-corrected chi connectivity index (χ0v) is 11.2. The summed E-state index contributed by atoms with van der Waals surface area (Å²) in [6.07, 6.45) is 1.85. The maximum absolute atomic E-state index is 12.2. The van der Waals surface area contributed by atoms with Crippen LogP contribution in [0.2, 0.25) is 0 Å². The Morgan fingerprint density at radius 3 is 3.00 bits per heavy atom. The summed E-state index contributed by atoms with van der Waals surface area (Å²) in [6, 6.07) is 5.87. The Labute approximate surface area is 116 Å². The Hall–Kier alpha value is -1.62. The van der Waals surface area contributed by atoms with Crippen molar-refractivity contribution in [1.82, 2.24) is 4.90 Å². The van der Waals surface area contributed by atoms with Gasteiger partial charge in [-0.15, -0.1) is 11.6 Å². The Morgan fingerprint density at radius 1 is 1.53 bits per heavy atom. The Kier molecular flexibility index (Phi) is 4.37. The van der Waals surface area contributed by atoms with Crippen LogP contribution in [0.15, 0.2) is 24.3 Å². The summed E-state index contributed by atoms with van der Waals surface area (Å²) in [4.78, 5) is 24.2. The first-order chi connectivity index (χ1) is 9.11. The molecular weight excluding hydrogens is 268 g/mol. The minimum atomic E-state index is -0.489. The number of rotatable bonds is 4. The molecule has 0 bridgehead atoms. The number of alkyl halides is 1. The summed E-state index contributed by atoms with van der Waals surface area (Å²) in [5.74, 6) is 0.907. The van der Waals surface area contributed by atoms with Crippen molar-refractivity contribution in [1.29, 1.82) is 0 Å². The second-order valence-corrected chi connectivity index (χ2v) is 5.07. The van der Waals surface area contributed by atoms with Crippen molar-refractivity contribution >= 4 is 23.2 Å². The summed E-state index contributed by atoms with van der Waals surface area (Å²) < 4.78 is 0. The quantitative estimate of drug-likeness (QED) is 0.484. The number of nitrogens with zero attached hydrogens (tertiary/aromatic N) is 2. The molecule has 1 heterocycles. The molecule has 1 atom stereocenters. The second kappa shape index (κ2) is 6.02. The lowest BCUT2D eigenvalue weighted by atomic mass is 10.1. The molecule has 1 fully saturated rings. The fourth-order valence-electron chi connectivity index (χ4n) is 2.34. The number of hydrogen-bond acceptors (Lipinski definition) is 3. The van der Waals surface area contributed by atoms with Gasteiger partial charge >= 0.3 is 0 Å². The molecule has 0 spiro atoms. The second-order valence-electron chi connectivity index (χ2n) is 4.69. The van der Waals surface area contributed by atoms with Crippen LogP contribution in [0.1, 0.15) is 23.2 Å². The molecule has 2 rings (SSSR count). The lowest BCUT2D eigenvalue weighted by Gasteiger charge is -2.16. The van der Waals surface area contributed by atoms with E-state index in [1.807, 2.05) is 0 Å². The number of non-ortho nitro benzene ring substituents is 1. The van der Waals surface area contributed by atoms with Gasteiger partial charge < -0.3 is 4.90 Å². The van der Waals surface area contributed by atoms with Gasteiger partial charge in [-0.2, -0.15) is 0 Å². The van der Waals surface area contributed by atoms with Crippen LogP contribution in [0.3, 0.4) is 0 Å². The number of hydrogen-bond donors (Lipinski definition) is 0. The normalized spacial score (nSPS) is 18.6. The molecule has 1 aromatic carbocycles. The van der Waals surface area contributed by atoms with Crippen molar-refractivity contribution in [3.8, 4) is 0 Å². The predicted octanol–water partition coefficient (Wildman–Crippen LogP) is 2.69. The largest absolute Gasteiger partial charge is 0.338 e. The Morgan fingerprint density at radius 2 is 2.32 bits per heavy atom. The van der Waals surface area contributed by atoms with Gasteiger partial charge in [0.2, 0.25) is 0 Å². The molecule has 102 valence electrons. The van der Waals surface area contributed by atoms with Gasteiger partial charge in [-0.3, -0.25) is 14.9 Å². The third-order valence-corrected chi connectivity index (χ3v) is 3.61. The molecule has 0 saturated carbocycles. The van der Waals surface area contributed by atoms with Crippen molar-refractivity contribution < 1.29 is 9.72 Å². The molecule has 1 aromatic rings. The van der Waals surface area contributed by atoms with Crippen molar-refractivity contribution in [2.45, 2.75) is 12.8 Å². The number of amides is 1. The van der Waals surface area contributed by atoms with Crippen LogP contribution in [0.4, 0.5) is 5.69 Å². The molecule has 1 aliphatic heterocycles. The van der Waals surface area contributed by atoms with E-state index < -0.39 is 4.92 Å². The maximum Gasteiger partial charge on any atom is 0.270 e. The summed E-state index contributed by atoms with van der Waals surface area (Å²) in [7, 11) is 0. The first-order valence-corrected chi connectivity index (χ1v) is 6.75. The van der Waals surface area contributed by atoms with Crippen LogP contribution in [0, 0.1) is 16.0 Å². The number of halogens is 1. The van der Waals surface area contributed by atoms with Gasteiger partial charge in [0.05, 0.1) is 4.92 Å². The van der Waals surface area contributed by atoms with Gasteiger partial charge in [0.25, 0.3) is 11.6 Å². The fraction of sp³-hybridized carbons (Fsp3) is 0.462. The summed E-state index contributed by atoms with van der Waals surface area (Å²) >= 11 is 5.70. The summed E-state index contributed by atoms with van der Waals surface area (Å²) in [6.45, 7) is 1.39. The highest BCUT2D eigenvalue weighted by Crippen LogP contribution is 2.23. The van der Waals surface area contributed by atoms with E-state index in [1.54, 1.807) is 11.0 Å². The molecule has 1 aliphatic rings. The van der Waals surface area contributed by atoms with Crippen molar-refractivity contribution in [2.75, 3.05) is 19.0 Å². The molecule has 1 saturated heterocycles. The van der Waals surface area contributed by atoms with Crippen molar-refractivity contribution in [3.63, 3.8) is 0 Å². The topological polar surface area (TPSA) is 63.4 Å². The van der Waals surface area contributed by atoms with E-state index >= 15 is 0 Å². The molecule has 5 nitrogen and oxygen atoms in total. The van der Waals surface area contributed by atoms with Crippen molar-refractivity contribution in [3.05, 3.63) is 39.9 Å². The minimum absolute atomic E-state index is 0.0534. The first-order valence-electron chi connectivity index (χ1n) is 6.21. The third kappa shape index (κ3) is 3.23. The first kappa shape index (κ1) is 13.8. The predicted molar refractivity (Wildman–Crippen MR) is 72.4 cm³/mol. The highest BCUT2D eigenvalue weighted by Gasteiger charge is 2.27. The molecule has 0 aromatic heterocycles. The smallest absolute Gasteiger partial charge is 0.270 e. The molecule has 1 unspecified atom stereocenters. The van der Waals surface area contributed by atoms with E-state index in [0.717, 1.165) is 12.8 Å². The maximum atomic E-state index is 12.2. The Bertz CT molecular complexity index is 493. The van der Waals surface area contributed by atoms with Crippen LogP contribution < -0.4 is 0 Å². The summed E-state index contributed by atoms with van der Waals surface area (Å²) in [5.41, 5.74) is 0.322. The average Bonchev–Trinajstić information content (AvgIpc) is 2.87. The van der Waals surface area contributed by atoms with Gasteiger partial charge in [-0.1, -0.05) is 6.07 Å². The van der Waals surface area contributed by atoms with Crippen LogP contribution in [0.5, 0.6) is 0 Å². The van der Waals surface area contributed by atoms with E-state index in [1.165, 1.54) is 18.2 Å². The highest BCUT2D eigenvalue weighted by atomic mass is 35.5. The molecule has 0 aliphatic carbocycles. The average molecular weight is 283 g/mol. The zero-order chi connectivity index (χ0) is 13.8. The number of nitro groups is 1. The molecule has 0 radical (unpaired) electrons. The molecule has 6 heteroatoms. The summed E-state index contributed by atoms with van der Waals surface area (Å²) in [5, 5.41) is 10.7. The van der Waals surface area contributed by atoms with Gasteiger partial charge in [-0.05, 0) is 24.8 Å². The van der Waals surface area contributed by atoms with Gasteiger partial charge in [0, 0.05) is 36.7 Å². The lowest BCUT2D eigenvalue weighted by Crippen LogP contribution is -2.28. The third-order valence-electron chi connectivity index (χ3n) is 3.39. The van der Waals surface area contributed by atoms with Gasteiger partial charge in [0.15, 0.2) is 0 Å². The fourth-order valence-corrected chi connectivity index (χ4v) is 2.65. The molecular formula is C13H15ClN2O3. The standard InChI is InChI=1S/C13H15ClN2O3/c14-6-4-10-5-7-15(9-10)13(17)11-2-1-3-12(8-11)16(18)19/h1-3,8,10H,4-7,9H2. The van der Waals surface area contributed by atoms with Gasteiger partial charge in [0.1, 0.15) is 0 Å². The van der Waals surface area contributed by atoms with E-state index in [4.69, 9.17) is 11.6 Å². The monoisotopic (exact) mass is 282 g/mol. The van der Waals surface area contributed by atoms with Gasteiger partial charge in [-0.25, -0.2) is 0 Å². The van der Waals surface area contributed by atoms with Crippen LogP contribution in [-0.2, 0) is 0 Å². The number of benzene rings is 1. The molecule has 1 amide bonds. The van der Waals surface area contributed by atoms with Crippen LogP contribution in [0.25, 0.3) is 0 Å². The van der Waals surface area contributed by atoms with Crippen LogP contribution in [-0.4, -0.2) is 34.7 Å². The van der Waals surface area contributed by atoms with E-state index in [-0.39, 0.29) is 11.6 Å². The highest BCUT2D eigenvalue weighted by molar-refractivity contribution is 6.17.